The van der Waals surface area contributed by atoms with E-state index in [0.717, 1.165) is 17.5 Å². The molecule has 0 spiro atoms. The summed E-state index contributed by atoms with van der Waals surface area (Å²) in [4.78, 5) is 31.5. The average Bonchev–Trinajstić information content (AvgIpc) is 3.38. The van der Waals surface area contributed by atoms with Crippen molar-refractivity contribution in [3.05, 3.63) is 81.0 Å². The van der Waals surface area contributed by atoms with E-state index in [4.69, 9.17) is 21.1 Å². The fraction of sp³-hybridized carbons (Fsp3) is 0.357. The van der Waals surface area contributed by atoms with Gasteiger partial charge in [-0.05, 0) is 73.2 Å². The molecule has 9 heteroatoms. The number of hydrogen-bond donors (Lipinski definition) is 1. The smallest absolute Gasteiger partial charge is 0.322 e. The zero-order valence-corrected chi connectivity index (χ0v) is 22.7. The summed E-state index contributed by atoms with van der Waals surface area (Å²) in [7, 11) is 1.62. The first-order valence-corrected chi connectivity index (χ1v) is 13.6. The maximum absolute atomic E-state index is 13.6. The van der Waals surface area contributed by atoms with Gasteiger partial charge in [0.25, 0.3) is 0 Å². The van der Waals surface area contributed by atoms with Crippen molar-refractivity contribution in [3.8, 4) is 5.75 Å². The largest absolute Gasteiger partial charge is 0.491 e. The fourth-order valence-electron chi connectivity index (χ4n) is 4.33. The molecule has 1 N–H and O–H groups in total. The molecule has 7 nitrogen and oxygen atoms in total. The van der Waals surface area contributed by atoms with E-state index in [2.05, 4.69) is 16.8 Å². The molecule has 1 aromatic heterocycles. The van der Waals surface area contributed by atoms with Crippen LogP contribution in [0.25, 0.3) is 0 Å². The summed E-state index contributed by atoms with van der Waals surface area (Å²) < 4.78 is 11.2. The number of urea groups is 1. The van der Waals surface area contributed by atoms with Crippen molar-refractivity contribution >= 4 is 40.6 Å². The van der Waals surface area contributed by atoms with Crippen LogP contribution in [0.2, 0.25) is 5.02 Å². The third kappa shape index (κ3) is 7.25. The summed E-state index contributed by atoms with van der Waals surface area (Å²) >= 11 is 7.70. The molecule has 1 atom stereocenters. The zero-order valence-electron chi connectivity index (χ0n) is 21.1. The van der Waals surface area contributed by atoms with Crippen molar-refractivity contribution in [3.63, 3.8) is 0 Å². The number of benzene rings is 2. The van der Waals surface area contributed by atoms with E-state index < -0.39 is 0 Å². The van der Waals surface area contributed by atoms with Gasteiger partial charge in [0.2, 0.25) is 5.91 Å². The minimum atomic E-state index is -0.310. The zero-order chi connectivity index (χ0) is 26.2. The summed E-state index contributed by atoms with van der Waals surface area (Å²) in [5.41, 5.74) is 2.90. The molecular weight excluding hydrogens is 510 g/mol. The number of hydrogen-bond acceptors (Lipinski definition) is 5. The predicted molar refractivity (Wildman–Crippen MR) is 148 cm³/mol. The lowest BCUT2D eigenvalue weighted by molar-refractivity contribution is -0.135. The monoisotopic (exact) mass is 541 g/mol. The number of nitrogens with zero attached hydrogens (tertiary/aromatic N) is 2. The van der Waals surface area contributed by atoms with Crippen molar-refractivity contribution in [2.45, 2.75) is 25.8 Å². The quantitative estimate of drug-likeness (QED) is 0.330. The first-order chi connectivity index (χ1) is 17.9. The molecule has 0 aliphatic carbocycles. The number of aryl methyl sites for hydroxylation is 1. The van der Waals surface area contributed by atoms with Crippen molar-refractivity contribution < 1.29 is 19.1 Å². The molecule has 2 heterocycles. The molecule has 0 bridgehead atoms. The van der Waals surface area contributed by atoms with E-state index in [1.165, 1.54) is 4.88 Å². The van der Waals surface area contributed by atoms with Gasteiger partial charge < -0.3 is 24.6 Å². The highest BCUT2D eigenvalue weighted by Crippen LogP contribution is 2.34. The van der Waals surface area contributed by atoms with Gasteiger partial charge in [-0.25, -0.2) is 4.79 Å². The van der Waals surface area contributed by atoms with Gasteiger partial charge in [0.1, 0.15) is 18.9 Å². The Morgan fingerprint density at radius 1 is 1.14 bits per heavy atom. The third-order valence-electron chi connectivity index (χ3n) is 6.33. The van der Waals surface area contributed by atoms with Crippen LogP contribution in [0.5, 0.6) is 5.75 Å². The molecule has 37 heavy (non-hydrogen) atoms. The molecule has 3 amide bonds. The Hall–Kier alpha value is -3.07. The summed E-state index contributed by atoms with van der Waals surface area (Å²) in [6, 6.07) is 16.3. The maximum Gasteiger partial charge on any atom is 0.322 e. The highest BCUT2D eigenvalue weighted by Gasteiger charge is 2.33. The summed E-state index contributed by atoms with van der Waals surface area (Å²) in [6.07, 6.45) is 1.41. The molecule has 1 unspecified atom stereocenters. The average molecular weight is 542 g/mol. The van der Waals surface area contributed by atoms with Gasteiger partial charge in [0.15, 0.2) is 0 Å². The topological polar surface area (TPSA) is 71.1 Å². The molecule has 2 aromatic carbocycles. The minimum Gasteiger partial charge on any atom is -0.491 e. The van der Waals surface area contributed by atoms with Crippen molar-refractivity contribution in [1.29, 1.82) is 0 Å². The Morgan fingerprint density at radius 3 is 2.62 bits per heavy atom. The van der Waals surface area contributed by atoms with Crippen LogP contribution in [0.1, 0.15) is 28.5 Å². The number of ether oxygens (including phenoxy) is 2. The summed E-state index contributed by atoms with van der Waals surface area (Å²) in [5, 5.41) is 5.61. The molecule has 1 aliphatic heterocycles. The van der Waals surface area contributed by atoms with Crippen LogP contribution in [0, 0.1) is 6.92 Å². The second-order valence-electron chi connectivity index (χ2n) is 8.98. The van der Waals surface area contributed by atoms with Crippen molar-refractivity contribution in [2.24, 2.45) is 0 Å². The lowest BCUT2D eigenvalue weighted by Gasteiger charge is -2.37. The fourth-order valence-corrected chi connectivity index (χ4v) is 5.38. The summed E-state index contributed by atoms with van der Waals surface area (Å²) in [6.45, 7) is 3.76. The number of nitrogens with one attached hydrogen (secondary N) is 1. The lowest BCUT2D eigenvalue weighted by Crippen LogP contribution is -2.49. The number of halogens is 1. The van der Waals surface area contributed by atoms with E-state index >= 15 is 0 Å². The van der Waals surface area contributed by atoms with Gasteiger partial charge in [0, 0.05) is 42.4 Å². The Morgan fingerprint density at radius 2 is 1.89 bits per heavy atom. The highest BCUT2D eigenvalue weighted by molar-refractivity contribution is 7.10. The number of fused-ring (bicyclic) bond motifs is 1. The number of methoxy groups -OCH3 is 1. The van der Waals surface area contributed by atoms with Crippen molar-refractivity contribution in [1.82, 2.24) is 9.80 Å². The van der Waals surface area contributed by atoms with Crippen molar-refractivity contribution in [2.75, 3.05) is 45.3 Å². The first-order valence-electron chi connectivity index (χ1n) is 12.3. The standard InChI is InChI=1S/C28H32ClN3O4S/c1-20-4-8-22(9-5-20)30-28(34)31(14-3-16-35-2)18-27(33)32-15-12-26-24(13-17-37-26)25(32)19-36-23-10-6-21(29)7-11-23/h4-11,13,17,25H,3,12,14-16,18-19H2,1-2H3,(H,30,34). The molecule has 3 aromatic rings. The Labute approximate surface area is 226 Å². The highest BCUT2D eigenvalue weighted by atomic mass is 35.5. The number of amides is 3. The molecular formula is C28H32ClN3O4S. The second kappa shape index (κ2) is 12.9. The minimum absolute atomic E-state index is 0.0294. The van der Waals surface area contributed by atoms with Gasteiger partial charge in [-0.1, -0.05) is 29.3 Å². The van der Waals surface area contributed by atoms with Crippen LogP contribution >= 0.6 is 22.9 Å². The third-order valence-corrected chi connectivity index (χ3v) is 7.58. The van der Waals surface area contributed by atoms with Crippen LogP contribution in [0.15, 0.2) is 60.0 Å². The van der Waals surface area contributed by atoms with E-state index in [0.29, 0.717) is 49.2 Å². The number of carbonyl (C=O) groups excluding carboxylic acids is 2. The second-order valence-corrected chi connectivity index (χ2v) is 10.4. The maximum atomic E-state index is 13.6. The summed E-state index contributed by atoms with van der Waals surface area (Å²) in [5.74, 6) is 0.579. The predicted octanol–water partition coefficient (Wildman–Crippen LogP) is 5.79. The number of thiophene rings is 1. The van der Waals surface area contributed by atoms with Gasteiger partial charge in [-0.3, -0.25) is 4.79 Å². The molecule has 1 aliphatic rings. The Bertz CT molecular complexity index is 1180. The van der Waals surface area contributed by atoms with Gasteiger partial charge >= 0.3 is 6.03 Å². The Kier molecular flexibility index (Phi) is 9.44. The van der Waals surface area contributed by atoms with Crippen LogP contribution in [0.4, 0.5) is 10.5 Å². The SMILES string of the molecule is COCCCN(CC(=O)N1CCc2sccc2C1COc1ccc(Cl)cc1)C(=O)Nc1ccc(C)cc1. The molecule has 0 saturated heterocycles. The number of rotatable bonds is 10. The Balaban J connectivity index is 1.47. The van der Waals surface area contributed by atoms with E-state index in [-0.39, 0.29) is 24.5 Å². The number of carbonyl (C=O) groups is 2. The van der Waals surface area contributed by atoms with E-state index in [1.54, 1.807) is 35.5 Å². The van der Waals surface area contributed by atoms with Crippen LogP contribution in [-0.2, 0) is 16.0 Å². The molecule has 0 radical (unpaired) electrons. The van der Waals surface area contributed by atoms with Gasteiger partial charge in [-0.15, -0.1) is 11.3 Å². The van der Waals surface area contributed by atoms with Crippen LogP contribution in [-0.4, -0.2) is 61.7 Å². The normalized spacial score (nSPS) is 14.7. The first kappa shape index (κ1) is 27.0. The van der Waals surface area contributed by atoms with Crippen LogP contribution in [0.3, 0.4) is 0 Å². The van der Waals surface area contributed by atoms with E-state index in [9.17, 15) is 9.59 Å². The molecule has 4 rings (SSSR count). The molecule has 196 valence electrons. The lowest BCUT2D eigenvalue weighted by atomic mass is 10.0. The van der Waals surface area contributed by atoms with Crippen LogP contribution < -0.4 is 10.1 Å². The molecule has 0 saturated carbocycles. The number of anilines is 1. The van der Waals surface area contributed by atoms with E-state index in [1.807, 2.05) is 48.2 Å². The van der Waals surface area contributed by atoms with Gasteiger partial charge in [-0.2, -0.15) is 0 Å². The molecule has 0 fully saturated rings. The van der Waals surface area contributed by atoms with Gasteiger partial charge in [0.05, 0.1) is 6.04 Å².